The number of thiophene rings is 1. The van der Waals surface area contributed by atoms with Crippen molar-refractivity contribution in [1.82, 2.24) is 15.2 Å². The van der Waals surface area contributed by atoms with Gasteiger partial charge in [0.05, 0.1) is 24.1 Å². The van der Waals surface area contributed by atoms with Gasteiger partial charge in [-0.1, -0.05) is 42.1 Å². The maximum absolute atomic E-state index is 12.6. The van der Waals surface area contributed by atoms with Crippen LogP contribution in [0, 0.1) is 0 Å². The van der Waals surface area contributed by atoms with E-state index in [1.807, 2.05) is 30.3 Å². The summed E-state index contributed by atoms with van der Waals surface area (Å²) in [6, 6.07) is 9.70. The monoisotopic (exact) mass is 439 g/mol. The third-order valence-electron chi connectivity index (χ3n) is 4.80. The largest absolute Gasteiger partial charge is 0.462 e. The number of fused-ring (bicyclic) bond motifs is 1. The van der Waals surface area contributed by atoms with E-state index in [1.165, 1.54) is 16.6 Å². The van der Waals surface area contributed by atoms with Crippen LogP contribution in [0.15, 0.2) is 41.7 Å². The minimum Gasteiger partial charge on any atom is -0.462 e. The molecule has 0 saturated heterocycles. The predicted molar refractivity (Wildman–Crippen MR) is 117 cm³/mol. The highest BCUT2D eigenvalue weighted by atomic mass is 32.2. The third kappa shape index (κ3) is 4.60. The number of ether oxygens (including phenoxy) is 1. The highest BCUT2D eigenvalue weighted by molar-refractivity contribution is 7.99. The smallest absolute Gasteiger partial charge is 0.339 e. The minimum atomic E-state index is -0.309. The number of carbonyl (C=O) groups is 2. The van der Waals surface area contributed by atoms with Crippen LogP contribution < -0.4 is 0 Å². The number of ketones is 1. The molecule has 30 heavy (non-hydrogen) atoms. The Labute approximate surface area is 183 Å². The zero-order chi connectivity index (χ0) is 20.9. The van der Waals surface area contributed by atoms with Crippen LogP contribution in [0.25, 0.3) is 11.3 Å². The van der Waals surface area contributed by atoms with Crippen molar-refractivity contribution in [3.05, 3.63) is 57.4 Å². The molecule has 1 aromatic carbocycles. The Hall–Kier alpha value is -2.58. The van der Waals surface area contributed by atoms with Gasteiger partial charge < -0.3 is 4.74 Å². The molecule has 0 spiro atoms. The van der Waals surface area contributed by atoms with Crippen LogP contribution in [0.2, 0.25) is 0 Å². The Bertz CT molecular complexity index is 1050. The second-order valence-electron chi connectivity index (χ2n) is 6.87. The summed E-state index contributed by atoms with van der Waals surface area (Å²) in [4.78, 5) is 31.4. The quantitative estimate of drug-likeness (QED) is 0.385. The van der Waals surface area contributed by atoms with Gasteiger partial charge in [0.2, 0.25) is 5.16 Å². The van der Waals surface area contributed by atoms with Gasteiger partial charge in [0, 0.05) is 21.7 Å². The van der Waals surface area contributed by atoms with Crippen molar-refractivity contribution >= 4 is 34.9 Å². The van der Waals surface area contributed by atoms with Crippen LogP contribution in [0.5, 0.6) is 0 Å². The summed E-state index contributed by atoms with van der Waals surface area (Å²) >= 11 is 2.84. The summed E-state index contributed by atoms with van der Waals surface area (Å²) in [5.74, 6) is -0.0467. The highest BCUT2D eigenvalue weighted by Gasteiger charge is 2.28. The topological polar surface area (TPSA) is 82.0 Å². The SMILES string of the molecule is CCOC(=O)c1c(CC(=O)CSc2ncc(-c3ccccc3)nn2)sc2c1CCC2. The van der Waals surface area contributed by atoms with Crippen molar-refractivity contribution in [2.24, 2.45) is 0 Å². The first kappa shape index (κ1) is 20.7. The van der Waals surface area contributed by atoms with Gasteiger partial charge in [0.25, 0.3) is 0 Å². The number of aromatic nitrogens is 3. The number of carbonyl (C=O) groups excluding carboxylic acids is 2. The number of Topliss-reactive ketones (excluding diaryl/α,β-unsaturated/α-hetero) is 1. The lowest BCUT2D eigenvalue weighted by molar-refractivity contribution is -0.115. The van der Waals surface area contributed by atoms with Crippen molar-refractivity contribution in [2.75, 3.05) is 12.4 Å². The molecule has 6 nitrogen and oxygen atoms in total. The molecule has 154 valence electrons. The molecule has 3 aromatic rings. The van der Waals surface area contributed by atoms with Crippen molar-refractivity contribution < 1.29 is 14.3 Å². The van der Waals surface area contributed by atoms with E-state index in [4.69, 9.17) is 4.74 Å². The first-order chi connectivity index (χ1) is 14.7. The van der Waals surface area contributed by atoms with Gasteiger partial charge in [-0.2, -0.15) is 0 Å². The Morgan fingerprint density at radius 3 is 2.73 bits per heavy atom. The molecule has 0 radical (unpaired) electrons. The van der Waals surface area contributed by atoms with Crippen molar-refractivity contribution in [3.8, 4) is 11.3 Å². The fourth-order valence-electron chi connectivity index (χ4n) is 3.47. The van der Waals surface area contributed by atoms with Crippen LogP contribution in [-0.2, 0) is 28.8 Å². The van der Waals surface area contributed by atoms with Gasteiger partial charge in [-0.15, -0.1) is 21.5 Å². The molecule has 0 N–H and O–H groups in total. The second kappa shape index (κ2) is 9.49. The number of aryl methyl sites for hydroxylation is 1. The second-order valence-corrected chi connectivity index (χ2v) is 9.00. The van der Waals surface area contributed by atoms with E-state index >= 15 is 0 Å². The lowest BCUT2D eigenvalue weighted by Crippen LogP contribution is -2.12. The van der Waals surface area contributed by atoms with Gasteiger partial charge in [-0.05, 0) is 31.7 Å². The number of thioether (sulfide) groups is 1. The zero-order valence-corrected chi connectivity index (χ0v) is 18.2. The first-order valence-electron chi connectivity index (χ1n) is 9.86. The molecule has 0 saturated carbocycles. The summed E-state index contributed by atoms with van der Waals surface area (Å²) in [6.07, 6.45) is 4.81. The molecule has 0 amide bonds. The number of rotatable bonds is 8. The zero-order valence-electron chi connectivity index (χ0n) is 16.6. The van der Waals surface area contributed by atoms with Crippen molar-refractivity contribution in [1.29, 1.82) is 0 Å². The molecule has 1 aliphatic carbocycles. The lowest BCUT2D eigenvalue weighted by Gasteiger charge is -2.06. The number of hydrogen-bond acceptors (Lipinski definition) is 8. The third-order valence-corrected chi connectivity index (χ3v) is 7.01. The summed E-state index contributed by atoms with van der Waals surface area (Å²) < 4.78 is 5.23. The van der Waals surface area contributed by atoms with Gasteiger partial charge in [0.15, 0.2) is 0 Å². The summed E-state index contributed by atoms with van der Waals surface area (Å²) in [5.41, 5.74) is 3.34. The van der Waals surface area contributed by atoms with Crippen LogP contribution in [0.1, 0.15) is 39.0 Å². The maximum Gasteiger partial charge on any atom is 0.339 e. The Morgan fingerprint density at radius 1 is 1.17 bits per heavy atom. The van der Waals surface area contributed by atoms with Gasteiger partial charge in [0.1, 0.15) is 11.5 Å². The molecule has 4 rings (SSSR count). The maximum atomic E-state index is 12.6. The number of benzene rings is 1. The Morgan fingerprint density at radius 2 is 2.00 bits per heavy atom. The van der Waals surface area contributed by atoms with E-state index in [2.05, 4.69) is 15.2 Å². The van der Waals surface area contributed by atoms with E-state index in [0.29, 0.717) is 23.0 Å². The standard InChI is InChI=1S/C22H21N3O3S2/c1-2-28-21(27)20-16-9-6-10-18(16)30-19(20)11-15(26)13-29-22-23-12-17(24-25-22)14-7-4-3-5-8-14/h3-5,7-8,12H,2,6,9-11,13H2,1H3. The number of esters is 1. The van der Waals surface area contributed by atoms with E-state index in [1.54, 1.807) is 24.5 Å². The molecule has 0 fully saturated rings. The van der Waals surface area contributed by atoms with Crippen molar-refractivity contribution in [3.63, 3.8) is 0 Å². The summed E-state index contributed by atoms with van der Waals surface area (Å²) in [7, 11) is 0. The van der Waals surface area contributed by atoms with E-state index in [-0.39, 0.29) is 23.9 Å². The molecule has 0 aliphatic heterocycles. The minimum absolute atomic E-state index is 0.0289. The van der Waals surface area contributed by atoms with Gasteiger partial charge in [-0.3, -0.25) is 4.79 Å². The molecule has 0 unspecified atom stereocenters. The number of nitrogens with zero attached hydrogens (tertiary/aromatic N) is 3. The molecule has 2 heterocycles. The molecule has 0 bridgehead atoms. The first-order valence-corrected chi connectivity index (χ1v) is 11.7. The average molecular weight is 440 g/mol. The number of hydrogen-bond donors (Lipinski definition) is 0. The van der Waals surface area contributed by atoms with Crippen molar-refractivity contribution in [2.45, 2.75) is 37.8 Å². The molecule has 2 aromatic heterocycles. The van der Waals surface area contributed by atoms with Crippen LogP contribution in [0.4, 0.5) is 0 Å². The van der Waals surface area contributed by atoms with E-state index in [0.717, 1.165) is 35.3 Å². The Balaban J connectivity index is 1.39. The fourth-order valence-corrected chi connectivity index (χ4v) is 5.50. The van der Waals surface area contributed by atoms with E-state index < -0.39 is 0 Å². The summed E-state index contributed by atoms with van der Waals surface area (Å²) in [5, 5.41) is 8.78. The molecule has 8 heteroatoms. The summed E-state index contributed by atoms with van der Waals surface area (Å²) in [6.45, 7) is 2.12. The Kier molecular flexibility index (Phi) is 6.54. The van der Waals surface area contributed by atoms with Crippen LogP contribution in [0.3, 0.4) is 0 Å². The van der Waals surface area contributed by atoms with Gasteiger partial charge >= 0.3 is 5.97 Å². The van der Waals surface area contributed by atoms with Crippen LogP contribution in [-0.4, -0.2) is 39.3 Å². The highest BCUT2D eigenvalue weighted by Crippen LogP contribution is 2.36. The van der Waals surface area contributed by atoms with Gasteiger partial charge in [-0.25, -0.2) is 9.78 Å². The van der Waals surface area contributed by atoms with Crippen LogP contribution >= 0.6 is 23.1 Å². The molecular formula is C22H21N3O3S2. The molecular weight excluding hydrogens is 418 g/mol. The average Bonchev–Trinajstić information content (AvgIpc) is 3.34. The molecule has 1 aliphatic rings. The fraction of sp³-hybridized carbons (Fsp3) is 0.318. The normalized spacial score (nSPS) is 12.6. The lowest BCUT2D eigenvalue weighted by atomic mass is 10.1. The van der Waals surface area contributed by atoms with E-state index in [9.17, 15) is 9.59 Å². The predicted octanol–water partition coefficient (Wildman–Crippen LogP) is 4.17. The molecule has 0 atom stereocenters.